The Morgan fingerprint density at radius 2 is 1.85 bits per heavy atom. The van der Waals surface area contributed by atoms with Gasteiger partial charge in [-0.2, -0.15) is 0 Å². The van der Waals surface area contributed by atoms with Gasteiger partial charge >= 0.3 is 0 Å². The topological polar surface area (TPSA) is 30.5 Å². The molecule has 20 heavy (non-hydrogen) atoms. The van der Waals surface area contributed by atoms with Crippen LogP contribution in [0.25, 0.3) is 0 Å². The van der Waals surface area contributed by atoms with Gasteiger partial charge in [0.15, 0.2) is 0 Å². The summed E-state index contributed by atoms with van der Waals surface area (Å²) in [4.78, 5) is 0. The Balaban J connectivity index is 2.14. The SMILES string of the molecule is CCOc1cc(C)ccc1NCc1ccccc1OC. The number of methoxy groups -OCH3 is 1. The summed E-state index contributed by atoms with van der Waals surface area (Å²) in [6.45, 7) is 5.42. The molecule has 2 aromatic carbocycles. The van der Waals surface area contributed by atoms with Gasteiger partial charge in [-0.1, -0.05) is 24.3 Å². The van der Waals surface area contributed by atoms with Crippen LogP contribution >= 0.6 is 0 Å². The van der Waals surface area contributed by atoms with Crippen LogP contribution < -0.4 is 14.8 Å². The van der Waals surface area contributed by atoms with Gasteiger partial charge in [0.25, 0.3) is 0 Å². The molecule has 0 aromatic heterocycles. The van der Waals surface area contributed by atoms with E-state index in [2.05, 4.69) is 30.4 Å². The highest BCUT2D eigenvalue weighted by Gasteiger charge is 2.06. The van der Waals surface area contributed by atoms with Crippen LogP contribution in [0, 0.1) is 6.92 Å². The number of aryl methyl sites for hydroxylation is 1. The molecule has 0 aliphatic rings. The molecule has 0 fully saturated rings. The Bertz CT molecular complexity index is 567. The summed E-state index contributed by atoms with van der Waals surface area (Å²) in [6, 6.07) is 14.2. The molecule has 0 bridgehead atoms. The molecule has 0 saturated heterocycles. The minimum absolute atomic E-state index is 0.660. The van der Waals surface area contributed by atoms with Crippen LogP contribution in [-0.4, -0.2) is 13.7 Å². The van der Waals surface area contributed by atoms with Crippen molar-refractivity contribution in [2.75, 3.05) is 19.0 Å². The minimum atomic E-state index is 0.660. The molecule has 0 atom stereocenters. The number of rotatable bonds is 6. The second-order valence-electron chi connectivity index (χ2n) is 4.60. The molecular formula is C17H21NO2. The second kappa shape index (κ2) is 6.85. The van der Waals surface area contributed by atoms with Crippen molar-refractivity contribution in [2.24, 2.45) is 0 Å². The Hall–Kier alpha value is -2.16. The second-order valence-corrected chi connectivity index (χ2v) is 4.60. The number of benzene rings is 2. The lowest BCUT2D eigenvalue weighted by Gasteiger charge is -2.14. The molecule has 2 aromatic rings. The average molecular weight is 271 g/mol. The van der Waals surface area contributed by atoms with Crippen molar-refractivity contribution < 1.29 is 9.47 Å². The van der Waals surface area contributed by atoms with E-state index < -0.39 is 0 Å². The predicted octanol–water partition coefficient (Wildman–Crippen LogP) is 4.01. The fourth-order valence-corrected chi connectivity index (χ4v) is 2.09. The Labute approximate surface area is 120 Å². The average Bonchev–Trinajstić information content (AvgIpc) is 2.47. The van der Waals surface area contributed by atoms with Crippen molar-refractivity contribution in [3.63, 3.8) is 0 Å². The summed E-state index contributed by atoms with van der Waals surface area (Å²) in [5.41, 5.74) is 3.32. The Morgan fingerprint density at radius 3 is 2.60 bits per heavy atom. The first kappa shape index (κ1) is 14.3. The first-order valence-corrected chi connectivity index (χ1v) is 6.83. The zero-order chi connectivity index (χ0) is 14.4. The number of nitrogens with one attached hydrogen (secondary N) is 1. The van der Waals surface area contributed by atoms with E-state index in [1.807, 2.05) is 31.2 Å². The quantitative estimate of drug-likeness (QED) is 0.861. The Kier molecular flexibility index (Phi) is 4.88. The number of ether oxygens (including phenoxy) is 2. The highest BCUT2D eigenvalue weighted by molar-refractivity contribution is 5.58. The monoisotopic (exact) mass is 271 g/mol. The molecule has 0 spiro atoms. The van der Waals surface area contributed by atoms with Crippen LogP contribution in [0.4, 0.5) is 5.69 Å². The van der Waals surface area contributed by atoms with Gasteiger partial charge in [0.2, 0.25) is 0 Å². The lowest BCUT2D eigenvalue weighted by Crippen LogP contribution is -2.04. The third kappa shape index (κ3) is 3.44. The molecule has 106 valence electrons. The summed E-state index contributed by atoms with van der Waals surface area (Å²) in [7, 11) is 1.69. The van der Waals surface area contributed by atoms with Crippen molar-refractivity contribution in [1.29, 1.82) is 0 Å². The van der Waals surface area contributed by atoms with Crippen LogP contribution in [0.2, 0.25) is 0 Å². The largest absolute Gasteiger partial charge is 0.496 e. The molecule has 1 N–H and O–H groups in total. The Morgan fingerprint density at radius 1 is 1.05 bits per heavy atom. The molecular weight excluding hydrogens is 250 g/mol. The summed E-state index contributed by atoms with van der Waals surface area (Å²) in [6.07, 6.45) is 0. The van der Waals surface area contributed by atoms with Crippen LogP contribution in [0.1, 0.15) is 18.1 Å². The molecule has 0 saturated carbocycles. The number of hydrogen-bond acceptors (Lipinski definition) is 3. The van der Waals surface area contributed by atoms with Gasteiger partial charge in [-0.05, 0) is 37.6 Å². The zero-order valence-corrected chi connectivity index (χ0v) is 12.3. The maximum absolute atomic E-state index is 5.67. The van der Waals surface area contributed by atoms with Crippen molar-refractivity contribution >= 4 is 5.69 Å². The molecule has 0 radical (unpaired) electrons. The molecule has 0 amide bonds. The van der Waals surface area contributed by atoms with E-state index >= 15 is 0 Å². The van der Waals surface area contributed by atoms with E-state index in [-0.39, 0.29) is 0 Å². The van der Waals surface area contributed by atoms with Gasteiger partial charge in [0.1, 0.15) is 11.5 Å². The number of para-hydroxylation sites is 1. The van der Waals surface area contributed by atoms with Gasteiger partial charge in [-0.25, -0.2) is 0 Å². The third-order valence-corrected chi connectivity index (χ3v) is 3.10. The van der Waals surface area contributed by atoms with Crippen molar-refractivity contribution in [2.45, 2.75) is 20.4 Å². The van der Waals surface area contributed by atoms with Gasteiger partial charge in [0.05, 0.1) is 19.4 Å². The van der Waals surface area contributed by atoms with E-state index in [0.717, 1.165) is 22.7 Å². The van der Waals surface area contributed by atoms with Gasteiger partial charge in [0, 0.05) is 12.1 Å². The first-order chi connectivity index (χ1) is 9.74. The molecule has 0 aliphatic heterocycles. The lowest BCUT2D eigenvalue weighted by atomic mass is 10.1. The molecule has 3 heteroatoms. The maximum atomic E-state index is 5.67. The van der Waals surface area contributed by atoms with Crippen LogP contribution in [0.5, 0.6) is 11.5 Å². The van der Waals surface area contributed by atoms with E-state index in [1.54, 1.807) is 7.11 Å². The standard InChI is InChI=1S/C17H21NO2/c1-4-20-17-11-13(2)9-10-15(17)18-12-14-7-5-6-8-16(14)19-3/h5-11,18H,4,12H2,1-3H3. The number of hydrogen-bond donors (Lipinski definition) is 1. The van der Waals surface area contributed by atoms with Gasteiger partial charge < -0.3 is 14.8 Å². The van der Waals surface area contributed by atoms with Crippen LogP contribution in [0.3, 0.4) is 0 Å². The van der Waals surface area contributed by atoms with Crippen LogP contribution in [0.15, 0.2) is 42.5 Å². The molecule has 2 rings (SSSR count). The zero-order valence-electron chi connectivity index (χ0n) is 12.3. The summed E-state index contributed by atoms with van der Waals surface area (Å²) >= 11 is 0. The summed E-state index contributed by atoms with van der Waals surface area (Å²) in [5, 5.41) is 3.41. The van der Waals surface area contributed by atoms with Crippen molar-refractivity contribution in [3.8, 4) is 11.5 Å². The van der Waals surface area contributed by atoms with Crippen molar-refractivity contribution in [3.05, 3.63) is 53.6 Å². The van der Waals surface area contributed by atoms with E-state index in [4.69, 9.17) is 9.47 Å². The van der Waals surface area contributed by atoms with E-state index in [9.17, 15) is 0 Å². The summed E-state index contributed by atoms with van der Waals surface area (Å²) < 4.78 is 11.0. The molecule has 0 aliphatic carbocycles. The lowest BCUT2D eigenvalue weighted by molar-refractivity contribution is 0.341. The first-order valence-electron chi connectivity index (χ1n) is 6.83. The molecule has 0 heterocycles. The smallest absolute Gasteiger partial charge is 0.142 e. The van der Waals surface area contributed by atoms with Crippen molar-refractivity contribution in [1.82, 2.24) is 0 Å². The highest BCUT2D eigenvalue weighted by Crippen LogP contribution is 2.27. The normalized spacial score (nSPS) is 10.2. The van der Waals surface area contributed by atoms with E-state index in [0.29, 0.717) is 13.2 Å². The fourth-order valence-electron chi connectivity index (χ4n) is 2.09. The van der Waals surface area contributed by atoms with Gasteiger partial charge in [-0.15, -0.1) is 0 Å². The van der Waals surface area contributed by atoms with Crippen LogP contribution in [-0.2, 0) is 6.54 Å². The third-order valence-electron chi connectivity index (χ3n) is 3.10. The minimum Gasteiger partial charge on any atom is -0.496 e. The highest BCUT2D eigenvalue weighted by atomic mass is 16.5. The fraction of sp³-hybridized carbons (Fsp3) is 0.294. The maximum Gasteiger partial charge on any atom is 0.142 e. The molecule has 3 nitrogen and oxygen atoms in total. The number of anilines is 1. The molecule has 0 unspecified atom stereocenters. The predicted molar refractivity (Wildman–Crippen MR) is 82.7 cm³/mol. The van der Waals surface area contributed by atoms with E-state index in [1.165, 1.54) is 5.56 Å². The summed E-state index contributed by atoms with van der Waals surface area (Å²) in [5.74, 6) is 1.78. The van der Waals surface area contributed by atoms with Gasteiger partial charge in [-0.3, -0.25) is 0 Å².